The van der Waals surface area contributed by atoms with Crippen LogP contribution in [0.4, 0.5) is 11.5 Å². The number of nitrogen functional groups attached to an aromatic ring is 1. The third kappa shape index (κ3) is 3.11. The van der Waals surface area contributed by atoms with Gasteiger partial charge in [-0.25, -0.2) is 12.7 Å². The summed E-state index contributed by atoms with van der Waals surface area (Å²) in [5, 5.41) is 6.93. The molecule has 7 nitrogen and oxygen atoms in total. The van der Waals surface area contributed by atoms with Gasteiger partial charge in [0.15, 0.2) is 5.82 Å². The Balaban J connectivity index is 2.51. The molecule has 0 amide bonds. The van der Waals surface area contributed by atoms with E-state index in [1.807, 2.05) is 0 Å². The minimum Gasteiger partial charge on any atom is -0.394 e. The van der Waals surface area contributed by atoms with Gasteiger partial charge in [0.1, 0.15) is 0 Å². The van der Waals surface area contributed by atoms with Crippen LogP contribution in [0.5, 0.6) is 0 Å². The number of rotatable bonds is 5. The summed E-state index contributed by atoms with van der Waals surface area (Å²) in [7, 11) is 1.58. The highest BCUT2D eigenvalue weighted by Crippen LogP contribution is 2.13. The Morgan fingerprint density at radius 2 is 2.19 bits per heavy atom. The Morgan fingerprint density at radius 1 is 1.56 bits per heavy atom. The molecule has 0 aliphatic rings. The van der Waals surface area contributed by atoms with E-state index >= 15 is 0 Å². The second-order valence-electron chi connectivity index (χ2n) is 3.63. The summed E-state index contributed by atoms with van der Waals surface area (Å²) in [5.41, 5.74) is 6.15. The molecule has 0 aliphatic heterocycles. The molecule has 16 heavy (non-hydrogen) atoms. The van der Waals surface area contributed by atoms with Gasteiger partial charge in [-0.05, 0) is 0 Å². The van der Waals surface area contributed by atoms with Crippen LogP contribution in [0.2, 0.25) is 0 Å². The van der Waals surface area contributed by atoms with Crippen LogP contribution in [0.3, 0.4) is 0 Å². The second kappa shape index (κ2) is 4.71. The topological polar surface area (TPSA) is 93.2 Å². The fraction of sp³-hybridized carbons (Fsp3) is 0.625. The molecule has 3 N–H and O–H groups in total. The van der Waals surface area contributed by atoms with Gasteiger partial charge in [-0.2, -0.15) is 5.10 Å². The number of nitrogens with two attached hydrogens (primary N) is 1. The summed E-state index contributed by atoms with van der Waals surface area (Å²) in [6.45, 7) is 0.279. The maximum atomic E-state index is 11.4. The molecule has 1 rings (SSSR count). The standard InChI is InChI=1S/C8H17N5O2S/c1-12(2)16(14,15)5-4-10-8-7(9)6-13(3)11-8/h6H,4-5,9H2,1-3H3,(H,10,11). The van der Waals surface area contributed by atoms with E-state index in [9.17, 15) is 8.42 Å². The van der Waals surface area contributed by atoms with Gasteiger partial charge in [0.25, 0.3) is 0 Å². The number of hydrogen-bond donors (Lipinski definition) is 2. The van der Waals surface area contributed by atoms with E-state index in [0.717, 1.165) is 0 Å². The van der Waals surface area contributed by atoms with Crippen molar-refractivity contribution in [1.82, 2.24) is 14.1 Å². The fourth-order valence-electron chi connectivity index (χ4n) is 1.13. The van der Waals surface area contributed by atoms with Crippen molar-refractivity contribution in [1.29, 1.82) is 0 Å². The van der Waals surface area contributed by atoms with Crippen LogP contribution in [0.1, 0.15) is 0 Å². The molecule has 0 aromatic carbocycles. The Kier molecular flexibility index (Phi) is 3.76. The van der Waals surface area contributed by atoms with Crippen LogP contribution in [0.15, 0.2) is 6.20 Å². The van der Waals surface area contributed by atoms with E-state index in [0.29, 0.717) is 11.5 Å². The predicted octanol–water partition coefficient (Wildman–Crippen LogP) is -0.694. The quantitative estimate of drug-likeness (QED) is 0.718. The lowest BCUT2D eigenvalue weighted by Crippen LogP contribution is -2.28. The maximum absolute atomic E-state index is 11.4. The van der Waals surface area contributed by atoms with Crippen LogP contribution in [0.25, 0.3) is 0 Å². The highest BCUT2D eigenvalue weighted by Gasteiger charge is 2.13. The Morgan fingerprint density at radius 3 is 2.62 bits per heavy atom. The van der Waals surface area contributed by atoms with E-state index in [1.54, 1.807) is 17.9 Å². The molecule has 0 atom stereocenters. The van der Waals surface area contributed by atoms with Crippen molar-refractivity contribution in [3.63, 3.8) is 0 Å². The molecule has 1 heterocycles. The van der Waals surface area contributed by atoms with Crippen molar-refractivity contribution in [2.45, 2.75) is 0 Å². The molecular formula is C8H17N5O2S. The zero-order chi connectivity index (χ0) is 12.3. The van der Waals surface area contributed by atoms with Crippen molar-refractivity contribution >= 4 is 21.5 Å². The SMILES string of the molecule is CN(C)S(=O)(=O)CCNc1nn(C)cc1N. The summed E-state index contributed by atoms with van der Waals surface area (Å²) in [4.78, 5) is 0. The van der Waals surface area contributed by atoms with Gasteiger partial charge in [0.05, 0.1) is 11.4 Å². The lowest BCUT2D eigenvalue weighted by Gasteiger charge is -2.11. The van der Waals surface area contributed by atoms with Gasteiger partial charge in [-0.15, -0.1) is 0 Å². The number of aromatic nitrogens is 2. The molecule has 0 aliphatic carbocycles. The van der Waals surface area contributed by atoms with E-state index in [2.05, 4.69) is 10.4 Å². The summed E-state index contributed by atoms with van der Waals surface area (Å²) < 4.78 is 25.6. The number of aryl methyl sites for hydroxylation is 1. The smallest absolute Gasteiger partial charge is 0.215 e. The average Bonchev–Trinajstić information content (AvgIpc) is 2.44. The fourth-order valence-corrected chi connectivity index (χ4v) is 1.85. The van der Waals surface area contributed by atoms with Crippen LogP contribution in [-0.2, 0) is 17.1 Å². The first kappa shape index (κ1) is 12.8. The lowest BCUT2D eigenvalue weighted by atomic mass is 10.5. The van der Waals surface area contributed by atoms with Crippen molar-refractivity contribution in [2.75, 3.05) is 37.4 Å². The normalized spacial score (nSPS) is 12.0. The molecule has 0 saturated heterocycles. The van der Waals surface area contributed by atoms with E-state index in [-0.39, 0.29) is 12.3 Å². The van der Waals surface area contributed by atoms with Crippen molar-refractivity contribution in [3.05, 3.63) is 6.20 Å². The van der Waals surface area contributed by atoms with E-state index in [1.165, 1.54) is 18.4 Å². The van der Waals surface area contributed by atoms with Crippen LogP contribution >= 0.6 is 0 Å². The molecule has 1 aromatic rings. The molecule has 0 bridgehead atoms. The molecule has 0 radical (unpaired) electrons. The first-order chi connectivity index (χ1) is 7.33. The summed E-state index contributed by atoms with van der Waals surface area (Å²) in [6.07, 6.45) is 1.66. The molecule has 0 saturated carbocycles. The largest absolute Gasteiger partial charge is 0.394 e. The number of sulfonamides is 1. The van der Waals surface area contributed by atoms with E-state index in [4.69, 9.17) is 5.73 Å². The van der Waals surface area contributed by atoms with Gasteiger partial charge in [-0.1, -0.05) is 0 Å². The predicted molar refractivity (Wildman–Crippen MR) is 63.6 cm³/mol. The summed E-state index contributed by atoms with van der Waals surface area (Å²) in [5.74, 6) is 0.521. The summed E-state index contributed by atoms with van der Waals surface area (Å²) in [6, 6.07) is 0. The highest BCUT2D eigenvalue weighted by molar-refractivity contribution is 7.89. The highest BCUT2D eigenvalue weighted by atomic mass is 32.2. The minimum atomic E-state index is -3.18. The van der Waals surface area contributed by atoms with Crippen LogP contribution in [0, 0.1) is 0 Å². The van der Waals surface area contributed by atoms with Gasteiger partial charge in [0.2, 0.25) is 10.0 Å². The van der Waals surface area contributed by atoms with Crippen molar-refractivity contribution in [2.24, 2.45) is 7.05 Å². The molecule has 8 heteroatoms. The van der Waals surface area contributed by atoms with Crippen LogP contribution < -0.4 is 11.1 Å². The zero-order valence-electron chi connectivity index (χ0n) is 9.64. The third-order valence-electron chi connectivity index (χ3n) is 2.07. The molecule has 1 aromatic heterocycles. The minimum absolute atomic E-state index is 0.00993. The first-order valence-corrected chi connectivity index (χ1v) is 6.37. The van der Waals surface area contributed by atoms with Gasteiger partial charge in [-0.3, -0.25) is 4.68 Å². The molecule has 0 unspecified atom stereocenters. The number of nitrogens with one attached hydrogen (secondary N) is 1. The Hall–Kier alpha value is -1.28. The van der Waals surface area contributed by atoms with Gasteiger partial charge in [0, 0.05) is 33.9 Å². The maximum Gasteiger partial charge on any atom is 0.215 e. The molecular weight excluding hydrogens is 230 g/mol. The third-order valence-corrected chi connectivity index (χ3v) is 3.90. The number of hydrogen-bond acceptors (Lipinski definition) is 5. The summed E-state index contributed by atoms with van der Waals surface area (Å²) >= 11 is 0. The molecule has 0 fully saturated rings. The Labute approximate surface area is 95.3 Å². The monoisotopic (exact) mass is 247 g/mol. The van der Waals surface area contributed by atoms with E-state index < -0.39 is 10.0 Å². The van der Waals surface area contributed by atoms with Crippen molar-refractivity contribution in [3.8, 4) is 0 Å². The first-order valence-electron chi connectivity index (χ1n) is 4.76. The van der Waals surface area contributed by atoms with Gasteiger partial charge < -0.3 is 11.1 Å². The molecule has 0 spiro atoms. The second-order valence-corrected chi connectivity index (χ2v) is 5.93. The number of nitrogens with zero attached hydrogens (tertiary/aromatic N) is 3. The number of anilines is 2. The van der Waals surface area contributed by atoms with Gasteiger partial charge >= 0.3 is 0 Å². The Bertz CT molecular complexity index is 451. The van der Waals surface area contributed by atoms with Crippen molar-refractivity contribution < 1.29 is 8.42 Å². The zero-order valence-corrected chi connectivity index (χ0v) is 10.5. The average molecular weight is 247 g/mol. The lowest BCUT2D eigenvalue weighted by molar-refractivity contribution is 0.521. The molecule has 92 valence electrons. The van der Waals surface area contributed by atoms with Crippen LogP contribution in [-0.4, -0.2) is 48.9 Å².